The van der Waals surface area contributed by atoms with E-state index in [-0.39, 0.29) is 5.91 Å². The van der Waals surface area contributed by atoms with Crippen LogP contribution in [0.5, 0.6) is 5.75 Å². The van der Waals surface area contributed by atoms with Gasteiger partial charge in [0.15, 0.2) is 0 Å². The molecular formula is C14H15F2NO2. The van der Waals surface area contributed by atoms with Gasteiger partial charge >= 0.3 is 0 Å². The van der Waals surface area contributed by atoms with Gasteiger partial charge in [0.2, 0.25) is 5.91 Å². The normalized spacial score (nSPS) is 8.37. The second-order valence-electron chi connectivity index (χ2n) is 3.39. The quantitative estimate of drug-likeness (QED) is 0.771. The first kappa shape index (κ1) is 16.6. The topological polar surface area (TPSA) is 63.3 Å². The molecule has 0 bridgehead atoms. The number of primary amides is 1. The van der Waals surface area contributed by atoms with Gasteiger partial charge in [0.05, 0.1) is 0 Å². The van der Waals surface area contributed by atoms with Crippen molar-refractivity contribution in [2.45, 2.75) is 6.92 Å². The molecule has 0 saturated carbocycles. The molecule has 0 heterocycles. The van der Waals surface area contributed by atoms with Crippen molar-refractivity contribution < 1.29 is 18.7 Å². The van der Waals surface area contributed by atoms with Crippen LogP contribution in [0.1, 0.15) is 6.92 Å². The zero-order valence-electron chi connectivity index (χ0n) is 10.4. The van der Waals surface area contributed by atoms with E-state index < -0.39 is 11.6 Å². The van der Waals surface area contributed by atoms with E-state index in [2.05, 4.69) is 5.73 Å². The molecule has 0 saturated heterocycles. The standard InChI is InChI=1S/C6H4F2.C6H6O.C2H5NO/c7-5-2-1-3-6(8)4-5;7-6-4-2-1-3-5-6;1-2(3)4/h1-4H;1-5,7H;1H3,(H2,3,4). The minimum absolute atomic E-state index is 0.322. The first-order chi connectivity index (χ1) is 8.91. The minimum Gasteiger partial charge on any atom is -0.508 e. The molecule has 0 aliphatic rings. The van der Waals surface area contributed by atoms with Crippen LogP contribution < -0.4 is 5.73 Å². The molecule has 2 aromatic carbocycles. The third-order valence-corrected chi connectivity index (χ3v) is 1.54. The molecule has 5 heteroatoms. The molecule has 0 aromatic heterocycles. The predicted octanol–water partition coefficient (Wildman–Crippen LogP) is 2.85. The number of phenolic OH excluding ortho intramolecular Hbond substituents is 1. The van der Waals surface area contributed by atoms with E-state index in [1.165, 1.54) is 25.1 Å². The van der Waals surface area contributed by atoms with Gasteiger partial charge in [-0.15, -0.1) is 0 Å². The number of nitrogens with two attached hydrogens (primary N) is 1. The van der Waals surface area contributed by atoms with E-state index in [1.54, 1.807) is 24.3 Å². The number of carbonyl (C=O) groups is 1. The highest BCUT2D eigenvalue weighted by Gasteiger charge is 1.88. The van der Waals surface area contributed by atoms with Crippen molar-refractivity contribution in [2.75, 3.05) is 0 Å². The molecule has 0 unspecified atom stereocenters. The first-order valence-corrected chi connectivity index (χ1v) is 5.33. The summed E-state index contributed by atoms with van der Waals surface area (Å²) in [5, 5.41) is 8.63. The summed E-state index contributed by atoms with van der Waals surface area (Å²) in [7, 11) is 0. The molecule has 0 aliphatic heterocycles. The molecule has 3 nitrogen and oxygen atoms in total. The van der Waals surface area contributed by atoms with Gasteiger partial charge in [0.1, 0.15) is 17.4 Å². The molecule has 102 valence electrons. The number of hydrogen-bond donors (Lipinski definition) is 2. The van der Waals surface area contributed by atoms with Gasteiger partial charge in [-0.25, -0.2) is 8.78 Å². The summed E-state index contributed by atoms with van der Waals surface area (Å²) in [5.41, 5.74) is 4.47. The Morgan fingerprint density at radius 1 is 1.00 bits per heavy atom. The van der Waals surface area contributed by atoms with Crippen molar-refractivity contribution in [2.24, 2.45) is 5.73 Å². The summed E-state index contributed by atoms with van der Waals surface area (Å²) in [5.74, 6) is -1.09. The van der Waals surface area contributed by atoms with E-state index in [4.69, 9.17) is 5.11 Å². The van der Waals surface area contributed by atoms with Crippen molar-refractivity contribution in [1.82, 2.24) is 0 Å². The highest BCUT2D eigenvalue weighted by atomic mass is 19.1. The molecule has 0 spiro atoms. The van der Waals surface area contributed by atoms with Gasteiger partial charge in [-0.05, 0) is 24.3 Å². The lowest BCUT2D eigenvalue weighted by molar-refractivity contribution is -0.115. The maximum Gasteiger partial charge on any atom is 0.214 e. The van der Waals surface area contributed by atoms with Crippen molar-refractivity contribution in [3.8, 4) is 5.75 Å². The van der Waals surface area contributed by atoms with Crippen LogP contribution in [0.15, 0.2) is 54.6 Å². The molecular weight excluding hydrogens is 252 g/mol. The van der Waals surface area contributed by atoms with Crippen molar-refractivity contribution >= 4 is 5.91 Å². The van der Waals surface area contributed by atoms with Gasteiger partial charge in [0, 0.05) is 13.0 Å². The smallest absolute Gasteiger partial charge is 0.214 e. The Labute approximate surface area is 110 Å². The molecule has 2 aromatic rings. The van der Waals surface area contributed by atoms with Crippen LogP contribution >= 0.6 is 0 Å². The Morgan fingerprint density at radius 2 is 1.42 bits per heavy atom. The molecule has 3 N–H and O–H groups in total. The Kier molecular flexibility index (Phi) is 8.36. The third-order valence-electron chi connectivity index (χ3n) is 1.54. The number of rotatable bonds is 0. The van der Waals surface area contributed by atoms with Crippen molar-refractivity contribution in [3.63, 3.8) is 0 Å². The van der Waals surface area contributed by atoms with Crippen LogP contribution in [0.4, 0.5) is 8.78 Å². The summed E-state index contributed by atoms with van der Waals surface area (Å²) < 4.78 is 23.9. The summed E-state index contributed by atoms with van der Waals surface area (Å²) in [4.78, 5) is 9.22. The minimum atomic E-state index is -0.537. The number of para-hydroxylation sites is 1. The number of amides is 1. The average Bonchev–Trinajstić information content (AvgIpc) is 2.29. The second-order valence-corrected chi connectivity index (χ2v) is 3.39. The summed E-state index contributed by atoms with van der Waals surface area (Å²) in [6.45, 7) is 1.31. The molecule has 0 fully saturated rings. The number of carbonyl (C=O) groups excluding carboxylic acids is 1. The molecule has 0 radical (unpaired) electrons. The summed E-state index contributed by atoms with van der Waals surface area (Å²) in [6, 6.07) is 13.3. The lowest BCUT2D eigenvalue weighted by atomic mass is 10.3. The van der Waals surface area contributed by atoms with E-state index in [9.17, 15) is 13.6 Å². The van der Waals surface area contributed by atoms with Gasteiger partial charge in [-0.1, -0.05) is 24.3 Å². The fourth-order valence-corrected chi connectivity index (χ4v) is 0.888. The number of halogens is 2. The van der Waals surface area contributed by atoms with Crippen LogP contribution in [0.2, 0.25) is 0 Å². The van der Waals surface area contributed by atoms with Crippen molar-refractivity contribution in [3.05, 3.63) is 66.2 Å². The lowest BCUT2D eigenvalue weighted by Gasteiger charge is -1.84. The molecule has 0 aliphatic carbocycles. The van der Waals surface area contributed by atoms with E-state index in [1.807, 2.05) is 6.07 Å². The zero-order valence-corrected chi connectivity index (χ0v) is 10.4. The van der Waals surface area contributed by atoms with Crippen LogP contribution in [0.3, 0.4) is 0 Å². The second kappa shape index (κ2) is 9.58. The monoisotopic (exact) mass is 267 g/mol. The van der Waals surface area contributed by atoms with E-state index in [0.29, 0.717) is 5.75 Å². The molecule has 19 heavy (non-hydrogen) atoms. The average molecular weight is 267 g/mol. The number of hydrogen-bond acceptors (Lipinski definition) is 2. The van der Waals surface area contributed by atoms with E-state index in [0.717, 1.165) is 6.07 Å². The lowest BCUT2D eigenvalue weighted by Crippen LogP contribution is -2.01. The molecule has 2 rings (SSSR count). The Balaban J connectivity index is 0.000000272. The fourth-order valence-electron chi connectivity index (χ4n) is 0.888. The number of benzene rings is 2. The highest BCUT2D eigenvalue weighted by molar-refractivity contribution is 5.70. The first-order valence-electron chi connectivity index (χ1n) is 5.33. The van der Waals surface area contributed by atoms with Crippen LogP contribution in [0.25, 0.3) is 0 Å². The van der Waals surface area contributed by atoms with Gasteiger partial charge in [-0.2, -0.15) is 0 Å². The number of aromatic hydroxyl groups is 1. The number of phenols is 1. The Morgan fingerprint density at radius 3 is 1.63 bits per heavy atom. The van der Waals surface area contributed by atoms with E-state index >= 15 is 0 Å². The maximum atomic E-state index is 11.9. The summed E-state index contributed by atoms with van der Waals surface area (Å²) in [6.07, 6.45) is 0. The van der Waals surface area contributed by atoms with Gasteiger partial charge < -0.3 is 10.8 Å². The maximum absolute atomic E-state index is 11.9. The van der Waals surface area contributed by atoms with Crippen LogP contribution in [-0.2, 0) is 4.79 Å². The Hall–Kier alpha value is -2.43. The SMILES string of the molecule is CC(N)=O.Fc1cccc(F)c1.Oc1ccccc1. The van der Waals surface area contributed by atoms with Crippen LogP contribution in [-0.4, -0.2) is 11.0 Å². The highest BCUT2D eigenvalue weighted by Crippen LogP contribution is 2.02. The van der Waals surface area contributed by atoms with Gasteiger partial charge in [0.25, 0.3) is 0 Å². The molecule has 1 amide bonds. The van der Waals surface area contributed by atoms with Crippen molar-refractivity contribution in [1.29, 1.82) is 0 Å². The molecule has 0 atom stereocenters. The summed E-state index contributed by atoms with van der Waals surface area (Å²) >= 11 is 0. The fraction of sp³-hybridized carbons (Fsp3) is 0.0714. The largest absolute Gasteiger partial charge is 0.508 e. The zero-order chi connectivity index (χ0) is 14.7. The third kappa shape index (κ3) is 11.8. The van der Waals surface area contributed by atoms with Crippen LogP contribution in [0, 0.1) is 11.6 Å². The predicted molar refractivity (Wildman–Crippen MR) is 69.3 cm³/mol. The Bertz CT molecular complexity index is 469. The van der Waals surface area contributed by atoms with Gasteiger partial charge in [-0.3, -0.25) is 4.79 Å².